The summed E-state index contributed by atoms with van der Waals surface area (Å²) in [5, 5.41) is 0. The third-order valence-electron chi connectivity index (χ3n) is 17.1. The van der Waals surface area contributed by atoms with Crippen molar-refractivity contribution in [2.45, 2.75) is 194 Å². The second kappa shape index (κ2) is 31.1. The molecule has 0 bridgehead atoms. The van der Waals surface area contributed by atoms with Gasteiger partial charge in [0.1, 0.15) is 0 Å². The molecule has 7 nitrogen and oxygen atoms in total. The van der Waals surface area contributed by atoms with Gasteiger partial charge in [0.25, 0.3) is 0 Å². The second-order valence-electron chi connectivity index (χ2n) is 22.1. The Kier molecular flexibility index (Phi) is 32.5. The zero-order chi connectivity index (χ0) is 47.4. The fourth-order valence-electron chi connectivity index (χ4n) is 9.88. The van der Waals surface area contributed by atoms with Crippen molar-refractivity contribution >= 4 is 65.7 Å². The largest absolute Gasteiger partial charge is 0.284 e. The van der Waals surface area contributed by atoms with Gasteiger partial charge in [-0.1, -0.05) is 156 Å². The van der Waals surface area contributed by atoms with Crippen molar-refractivity contribution in [2.75, 3.05) is 45.8 Å². The summed E-state index contributed by atoms with van der Waals surface area (Å²) in [5.41, 5.74) is 0. The van der Waals surface area contributed by atoms with Crippen molar-refractivity contribution in [3.8, 4) is 0 Å². The van der Waals surface area contributed by atoms with Crippen molar-refractivity contribution in [2.24, 2.45) is 71.0 Å². The molecule has 0 aliphatic carbocycles. The molecule has 0 N–H and O–H groups in total. The van der Waals surface area contributed by atoms with Gasteiger partial charge < -0.3 is 0 Å². The van der Waals surface area contributed by atoms with E-state index in [1.165, 1.54) is 58.7 Å². The van der Waals surface area contributed by atoms with Gasteiger partial charge in [-0.3, -0.25) is 32.7 Å². The lowest BCUT2D eigenvalue weighted by atomic mass is 9.95. The van der Waals surface area contributed by atoms with E-state index in [2.05, 4.69) is 230 Å². The zero-order valence-electron chi connectivity index (χ0n) is 43.5. The molecule has 13 unspecified atom stereocenters. The highest BCUT2D eigenvalue weighted by Gasteiger charge is 2.34. The van der Waals surface area contributed by atoms with Crippen molar-refractivity contribution in [1.82, 2.24) is 32.7 Å². The zero-order valence-corrected chi connectivity index (χ0v) is 51.6. The Labute approximate surface area is 407 Å². The number of nitrogens with zero attached hydrogens (tertiary/aromatic N) is 7. The number of rotatable bonds is 0. The van der Waals surface area contributed by atoms with Crippen LogP contribution in [0.1, 0.15) is 152 Å². The Morgan fingerprint density at radius 2 is 0.419 bits per heavy atom. The minimum atomic E-state index is 0. The minimum absolute atomic E-state index is 0. The van der Waals surface area contributed by atoms with Gasteiger partial charge in [0.2, 0.25) is 0 Å². The maximum atomic E-state index is 2.79. The van der Waals surface area contributed by atoms with Gasteiger partial charge in [0, 0.05) is 88.1 Å². The molecule has 0 aromatic heterocycles. The summed E-state index contributed by atoms with van der Waals surface area (Å²) in [6.45, 7) is 52.6. The van der Waals surface area contributed by atoms with E-state index in [4.69, 9.17) is 0 Å². The molecule has 7 saturated heterocycles. The Morgan fingerprint density at radius 3 is 0.452 bits per heavy atom. The lowest BCUT2D eigenvalue weighted by Gasteiger charge is -2.16. The first-order chi connectivity index (χ1) is 28.0. The van der Waals surface area contributed by atoms with E-state index in [1.54, 1.807) is 0 Å². The Hall–Kier alpha value is 2.73. The lowest BCUT2D eigenvalue weighted by Crippen LogP contribution is -2.18. The summed E-state index contributed by atoms with van der Waals surface area (Å²) in [4.78, 5) is 0. The number of hydrogen-bond acceptors (Lipinski definition) is 7. The van der Waals surface area contributed by atoms with Crippen LogP contribution in [-0.4, -0.2) is 121 Å². The minimum Gasteiger partial charge on any atom is -0.284 e. The highest BCUT2D eigenvalue weighted by molar-refractivity contribution is 7.14. The molecular weight excluding hydrogens is 891 g/mol. The van der Waals surface area contributed by atoms with Crippen molar-refractivity contribution in [3.63, 3.8) is 0 Å². The highest BCUT2D eigenvalue weighted by atomic mass is 31.0. The third kappa shape index (κ3) is 21.0. The van der Waals surface area contributed by atoms with Crippen molar-refractivity contribution in [1.29, 1.82) is 0 Å². The molecule has 0 saturated carbocycles. The molecule has 7 aliphatic heterocycles. The Morgan fingerprint density at radius 1 is 0.258 bits per heavy atom. The molecule has 7 rings (SSSR count). The molecule has 0 radical (unpaired) electrons. The first kappa shape index (κ1) is 64.7. The van der Waals surface area contributed by atoms with E-state index in [0.29, 0.717) is 0 Å². The van der Waals surface area contributed by atoms with Crippen LogP contribution in [0.4, 0.5) is 0 Å². The standard InChI is InChI=1S/5C7H16NP.2C6H14NP.CH4/c5*1-5-4-8(9)7(3)6(5)2;2*1-5-3-6(2)7(8)4-5;/h5*5-7H,4,9H2,1-3H3;2*5-6H,3-4,8H2,1-2H3;1H4/t2*5?,6-,7?;5-,6+,7+;5-,6+,7-;5-,6-,7+;2*5-,6?;/m1000010./s1. The molecule has 14 heteroatoms. The molecule has 7 aliphatic rings. The van der Waals surface area contributed by atoms with Crippen molar-refractivity contribution in [3.05, 3.63) is 0 Å². The van der Waals surface area contributed by atoms with Crippen LogP contribution >= 0.6 is 65.7 Å². The first-order valence-corrected chi connectivity index (χ1v) is 28.2. The fourth-order valence-corrected chi connectivity index (χ4v) is 13.9. The van der Waals surface area contributed by atoms with Gasteiger partial charge in [-0.2, -0.15) is 0 Å². The monoisotopic (exact) mass is 1000 g/mol. The normalized spacial score (nSPS) is 43.9. The average Bonchev–Trinajstić information content (AvgIpc) is 3.96. The third-order valence-corrected chi connectivity index (χ3v) is 21.9. The number of hydrogen-bond donors (Lipinski definition) is 0. The van der Waals surface area contributed by atoms with E-state index in [-0.39, 0.29) is 7.43 Å². The van der Waals surface area contributed by atoms with Gasteiger partial charge >= 0.3 is 0 Å². The summed E-state index contributed by atoms with van der Waals surface area (Å²) in [7, 11) is 19.5. The van der Waals surface area contributed by atoms with E-state index >= 15 is 0 Å². The summed E-state index contributed by atoms with van der Waals surface area (Å²) in [5.74, 6) is 10.5. The molecule has 0 aromatic carbocycles. The molecule has 7 heterocycles. The molecule has 374 valence electrons. The maximum Gasteiger partial charge on any atom is 0.0130 e. The quantitative estimate of drug-likeness (QED) is 0.223. The van der Waals surface area contributed by atoms with Crippen LogP contribution in [0, 0.1) is 71.0 Å². The SMILES string of the molecule is C.CC1CN(P)C(C)[C@@H]1C.CC1CN(P)C(C)[C@H]1C.CC1C[C@@H](C)CN1P.CC1C[C@H](C)CN1P.C[C@@H]1[C@@H](C)CN(P)[C@H]1C.C[C@@H]1[C@@H](C)N(P)C[C@@H]1C.C[C@H]1[C@@H](C)N(P)C[C@@H]1C. The molecule has 0 amide bonds. The lowest BCUT2D eigenvalue weighted by molar-refractivity contribution is 0.394. The Bertz CT molecular complexity index is 930. The molecular formula is C48H112N7P7. The van der Waals surface area contributed by atoms with Crippen LogP contribution in [0.25, 0.3) is 0 Å². The summed E-state index contributed by atoms with van der Waals surface area (Å²) >= 11 is 0. The van der Waals surface area contributed by atoms with E-state index in [9.17, 15) is 0 Å². The predicted molar refractivity (Wildman–Crippen MR) is 307 cm³/mol. The van der Waals surface area contributed by atoms with Gasteiger partial charge in [0.05, 0.1) is 0 Å². The van der Waals surface area contributed by atoms with Gasteiger partial charge in [-0.25, -0.2) is 0 Å². The Balaban J connectivity index is 0.000000699. The first-order valence-electron chi connectivity index (χ1n) is 24.6. The van der Waals surface area contributed by atoms with Crippen LogP contribution in [0.3, 0.4) is 0 Å². The van der Waals surface area contributed by atoms with Gasteiger partial charge in [-0.05, 0) is 132 Å². The van der Waals surface area contributed by atoms with Crippen LogP contribution in [-0.2, 0) is 0 Å². The van der Waals surface area contributed by atoms with Crippen LogP contribution < -0.4 is 0 Å². The van der Waals surface area contributed by atoms with E-state index in [0.717, 1.165) is 113 Å². The molecule has 0 aromatic rings. The summed E-state index contributed by atoms with van der Waals surface area (Å²) in [6, 6.07) is 5.35. The fraction of sp³-hybridized carbons (Fsp3) is 1.00. The topological polar surface area (TPSA) is 22.7 Å². The smallest absolute Gasteiger partial charge is 0.0130 e. The average molecular weight is 1000 g/mol. The van der Waals surface area contributed by atoms with Crippen LogP contribution in [0.15, 0.2) is 0 Å². The summed E-state index contributed by atoms with van der Waals surface area (Å²) in [6.07, 6.45) is 2.73. The predicted octanol–water partition coefficient (Wildman–Crippen LogP) is 12.4. The molecule has 7 fully saturated rings. The maximum absolute atomic E-state index is 2.79. The highest BCUT2D eigenvalue weighted by Crippen LogP contribution is 2.34. The second-order valence-corrected chi connectivity index (χ2v) is 26.8. The van der Waals surface area contributed by atoms with E-state index in [1.807, 2.05) is 0 Å². The van der Waals surface area contributed by atoms with Crippen molar-refractivity contribution < 1.29 is 0 Å². The van der Waals surface area contributed by atoms with Crippen LogP contribution in [0.2, 0.25) is 0 Å². The molecule has 26 atom stereocenters. The van der Waals surface area contributed by atoms with Gasteiger partial charge in [0.15, 0.2) is 0 Å². The molecule has 62 heavy (non-hydrogen) atoms. The van der Waals surface area contributed by atoms with Gasteiger partial charge in [-0.15, -0.1) is 0 Å². The van der Waals surface area contributed by atoms with Crippen LogP contribution in [0.5, 0.6) is 0 Å². The summed E-state index contributed by atoms with van der Waals surface area (Å²) < 4.78 is 16.5. The van der Waals surface area contributed by atoms with E-state index < -0.39 is 0 Å². The molecule has 0 spiro atoms.